The second-order valence-electron chi connectivity index (χ2n) is 3.16. The number of carboxylic acid groups (broad SMARTS) is 1. The van der Waals surface area contributed by atoms with Crippen molar-refractivity contribution in [2.45, 2.75) is 24.0 Å². The molecule has 1 rings (SSSR count). The van der Waals surface area contributed by atoms with Crippen molar-refractivity contribution in [2.24, 2.45) is 0 Å². The van der Waals surface area contributed by atoms with E-state index in [0.29, 0.717) is 5.56 Å². The van der Waals surface area contributed by atoms with Gasteiger partial charge in [0.05, 0.1) is 5.56 Å². The van der Waals surface area contributed by atoms with Crippen LogP contribution in [0.5, 0.6) is 0 Å². The predicted molar refractivity (Wildman–Crippen MR) is 58.8 cm³/mol. The van der Waals surface area contributed by atoms with Gasteiger partial charge in [-0.15, -0.1) is 11.8 Å². The summed E-state index contributed by atoms with van der Waals surface area (Å²) in [5.74, 6) is -0.868. The van der Waals surface area contributed by atoms with Crippen LogP contribution in [-0.2, 0) is 4.79 Å². The maximum atomic E-state index is 10.7. The van der Waals surface area contributed by atoms with Gasteiger partial charge in [-0.05, 0) is 25.5 Å². The molecule has 78 valence electrons. The highest BCUT2D eigenvalue weighted by atomic mass is 32.2. The van der Waals surface area contributed by atoms with Crippen LogP contribution in [0.1, 0.15) is 18.1 Å². The average molecular weight is 221 g/mol. The van der Waals surface area contributed by atoms with Crippen molar-refractivity contribution in [3.05, 3.63) is 29.3 Å². The summed E-state index contributed by atoms with van der Waals surface area (Å²) in [5, 5.41) is 17.1. The van der Waals surface area contributed by atoms with Gasteiger partial charge in [-0.3, -0.25) is 4.79 Å². The molecule has 0 aliphatic heterocycles. The molecule has 0 saturated heterocycles. The van der Waals surface area contributed by atoms with E-state index in [2.05, 4.69) is 6.07 Å². The minimum absolute atomic E-state index is 0.535. The average Bonchev–Trinajstić information content (AvgIpc) is 2.20. The van der Waals surface area contributed by atoms with Gasteiger partial charge in [-0.1, -0.05) is 12.1 Å². The number of rotatable bonds is 3. The maximum absolute atomic E-state index is 10.7. The number of nitriles is 1. The van der Waals surface area contributed by atoms with E-state index >= 15 is 0 Å². The minimum Gasteiger partial charge on any atom is -0.480 e. The number of hydrogen-bond acceptors (Lipinski definition) is 3. The molecule has 0 spiro atoms. The van der Waals surface area contributed by atoms with Gasteiger partial charge in [0.15, 0.2) is 0 Å². The van der Waals surface area contributed by atoms with Gasteiger partial charge in [-0.25, -0.2) is 0 Å². The molecule has 15 heavy (non-hydrogen) atoms. The molecule has 3 nitrogen and oxygen atoms in total. The molecule has 0 amide bonds. The van der Waals surface area contributed by atoms with E-state index in [1.165, 1.54) is 11.8 Å². The summed E-state index contributed by atoms with van der Waals surface area (Å²) in [6, 6.07) is 7.43. The van der Waals surface area contributed by atoms with E-state index < -0.39 is 11.2 Å². The van der Waals surface area contributed by atoms with Crippen molar-refractivity contribution in [3.8, 4) is 6.07 Å². The van der Waals surface area contributed by atoms with Crippen molar-refractivity contribution < 1.29 is 9.90 Å². The number of aliphatic carboxylic acids is 1. The fourth-order valence-electron chi connectivity index (χ4n) is 1.12. The third-order valence-electron chi connectivity index (χ3n) is 1.97. The molecule has 1 aromatic carbocycles. The van der Waals surface area contributed by atoms with Gasteiger partial charge in [0.25, 0.3) is 0 Å². The Morgan fingerprint density at radius 2 is 2.27 bits per heavy atom. The lowest BCUT2D eigenvalue weighted by Crippen LogP contribution is -2.11. The number of benzene rings is 1. The van der Waals surface area contributed by atoms with Crippen molar-refractivity contribution in [3.63, 3.8) is 0 Å². The third-order valence-corrected chi connectivity index (χ3v) is 3.31. The Morgan fingerprint density at radius 3 is 2.80 bits per heavy atom. The predicted octanol–water partition coefficient (Wildman–Crippen LogP) is 2.43. The summed E-state index contributed by atoms with van der Waals surface area (Å²) < 4.78 is 0. The lowest BCUT2D eigenvalue weighted by Gasteiger charge is -2.10. The van der Waals surface area contributed by atoms with Crippen LogP contribution < -0.4 is 0 Å². The molecule has 0 bridgehead atoms. The molecule has 0 aromatic heterocycles. The quantitative estimate of drug-likeness (QED) is 0.796. The summed E-state index contributed by atoms with van der Waals surface area (Å²) >= 11 is 1.21. The van der Waals surface area contributed by atoms with Gasteiger partial charge in [0.1, 0.15) is 11.3 Å². The summed E-state index contributed by atoms with van der Waals surface area (Å²) in [6.07, 6.45) is 0. The fraction of sp³-hybridized carbons (Fsp3) is 0.273. The zero-order chi connectivity index (χ0) is 11.4. The van der Waals surface area contributed by atoms with Gasteiger partial charge in [0, 0.05) is 4.90 Å². The van der Waals surface area contributed by atoms with Crippen molar-refractivity contribution in [2.75, 3.05) is 0 Å². The first-order valence-corrected chi connectivity index (χ1v) is 5.33. The Morgan fingerprint density at radius 1 is 1.60 bits per heavy atom. The molecule has 4 heteroatoms. The fourth-order valence-corrected chi connectivity index (χ4v) is 2.07. The van der Waals surface area contributed by atoms with Crippen LogP contribution >= 0.6 is 11.8 Å². The Hall–Kier alpha value is -1.47. The Balaban J connectivity index is 3.04. The van der Waals surface area contributed by atoms with Crippen LogP contribution in [0, 0.1) is 18.3 Å². The van der Waals surface area contributed by atoms with Crippen LogP contribution in [0.3, 0.4) is 0 Å². The Bertz CT molecular complexity index is 423. The van der Waals surface area contributed by atoms with Crippen LogP contribution in [-0.4, -0.2) is 16.3 Å². The van der Waals surface area contributed by atoms with Crippen LogP contribution in [0.15, 0.2) is 23.1 Å². The summed E-state index contributed by atoms with van der Waals surface area (Å²) in [6.45, 7) is 3.48. The summed E-state index contributed by atoms with van der Waals surface area (Å²) in [7, 11) is 0. The first kappa shape index (κ1) is 11.6. The molecule has 1 unspecified atom stereocenters. The van der Waals surface area contributed by atoms with Crippen molar-refractivity contribution in [1.82, 2.24) is 0 Å². The number of carbonyl (C=O) groups is 1. The molecule has 0 heterocycles. The molecule has 0 aliphatic rings. The standard InChI is InChI=1S/C11H11NO2S/c1-7-4-3-5-9(6-12)10(7)15-8(2)11(13)14/h3-5,8H,1-2H3,(H,13,14). The normalized spacial score (nSPS) is 11.8. The number of aryl methyl sites for hydroxylation is 1. The third kappa shape index (κ3) is 2.74. The zero-order valence-electron chi connectivity index (χ0n) is 8.52. The number of thioether (sulfide) groups is 1. The first-order valence-electron chi connectivity index (χ1n) is 4.45. The summed E-state index contributed by atoms with van der Waals surface area (Å²) in [5.41, 5.74) is 1.47. The molecular formula is C11H11NO2S. The highest BCUT2D eigenvalue weighted by Crippen LogP contribution is 2.29. The smallest absolute Gasteiger partial charge is 0.316 e. The van der Waals surface area contributed by atoms with Gasteiger partial charge in [-0.2, -0.15) is 5.26 Å². The van der Waals surface area contributed by atoms with E-state index in [-0.39, 0.29) is 0 Å². The van der Waals surface area contributed by atoms with Gasteiger partial charge >= 0.3 is 5.97 Å². The Kier molecular flexibility index (Phi) is 3.75. The van der Waals surface area contributed by atoms with E-state index in [1.54, 1.807) is 19.1 Å². The lowest BCUT2D eigenvalue weighted by molar-refractivity contribution is -0.136. The second-order valence-corrected chi connectivity index (χ2v) is 4.51. The van der Waals surface area contributed by atoms with Crippen molar-refractivity contribution in [1.29, 1.82) is 5.26 Å². The molecular weight excluding hydrogens is 210 g/mol. The Labute approximate surface area is 92.7 Å². The van der Waals surface area contributed by atoms with Crippen LogP contribution in [0.4, 0.5) is 0 Å². The van der Waals surface area contributed by atoms with Gasteiger partial charge in [0.2, 0.25) is 0 Å². The van der Waals surface area contributed by atoms with Gasteiger partial charge < -0.3 is 5.11 Å². The lowest BCUT2D eigenvalue weighted by atomic mass is 10.1. The number of carboxylic acids is 1. The molecule has 1 aromatic rings. The topological polar surface area (TPSA) is 61.1 Å². The summed E-state index contributed by atoms with van der Waals surface area (Å²) in [4.78, 5) is 11.5. The zero-order valence-corrected chi connectivity index (χ0v) is 9.34. The van der Waals surface area contributed by atoms with E-state index in [4.69, 9.17) is 10.4 Å². The molecule has 0 radical (unpaired) electrons. The highest BCUT2D eigenvalue weighted by Gasteiger charge is 2.16. The SMILES string of the molecule is Cc1cccc(C#N)c1SC(C)C(=O)O. The second kappa shape index (κ2) is 4.85. The number of nitrogens with zero attached hydrogens (tertiary/aromatic N) is 1. The number of hydrogen-bond donors (Lipinski definition) is 1. The van der Waals surface area contributed by atoms with E-state index in [0.717, 1.165) is 10.5 Å². The highest BCUT2D eigenvalue weighted by molar-refractivity contribution is 8.00. The largest absolute Gasteiger partial charge is 0.480 e. The van der Waals surface area contributed by atoms with Crippen LogP contribution in [0.2, 0.25) is 0 Å². The van der Waals surface area contributed by atoms with E-state index in [9.17, 15) is 4.79 Å². The monoisotopic (exact) mass is 221 g/mol. The van der Waals surface area contributed by atoms with Crippen molar-refractivity contribution >= 4 is 17.7 Å². The molecule has 0 saturated carbocycles. The molecule has 0 aliphatic carbocycles. The first-order chi connectivity index (χ1) is 7.06. The van der Waals surface area contributed by atoms with Crippen LogP contribution in [0.25, 0.3) is 0 Å². The van der Waals surface area contributed by atoms with E-state index in [1.807, 2.05) is 13.0 Å². The molecule has 1 N–H and O–H groups in total. The molecule has 0 fully saturated rings. The maximum Gasteiger partial charge on any atom is 0.316 e. The molecule has 1 atom stereocenters. The minimum atomic E-state index is -0.868.